The molecule has 9 nitrogen and oxygen atoms in total. The van der Waals surface area contributed by atoms with Crippen LogP contribution in [0.2, 0.25) is 0 Å². The highest BCUT2D eigenvalue weighted by molar-refractivity contribution is 7.92. The van der Waals surface area contributed by atoms with Crippen molar-refractivity contribution < 1.29 is 23.1 Å². The average Bonchev–Trinajstić information content (AvgIpc) is 3.01. The molecule has 0 fully saturated rings. The van der Waals surface area contributed by atoms with Gasteiger partial charge in [0.15, 0.2) is 5.69 Å². The molecule has 158 valence electrons. The largest absolute Gasteiger partial charge is 0.494 e. The van der Waals surface area contributed by atoms with Crippen molar-refractivity contribution in [1.82, 2.24) is 4.98 Å². The van der Waals surface area contributed by atoms with Crippen molar-refractivity contribution in [2.24, 2.45) is 10.2 Å². The number of nitrogens with zero attached hydrogens (tertiary/aromatic N) is 3. The Morgan fingerprint density at radius 2 is 1.87 bits per heavy atom. The first-order chi connectivity index (χ1) is 14.2. The van der Waals surface area contributed by atoms with Crippen molar-refractivity contribution in [2.75, 3.05) is 17.2 Å². The standard InChI is InChI=1S/C20H22N4O5S/c1-4-29-15-11-9-14(10-12-15)24(30(3,27)28)13(2)19(25)23-22-18-16-7-5-6-8-17(16)21-20(18)26/h5-13,21,26H,4H2,1-3H3/t13-/m0/s1. The van der Waals surface area contributed by atoms with E-state index in [1.165, 1.54) is 6.92 Å². The Bertz CT molecular complexity index is 1190. The molecule has 3 rings (SSSR count). The number of rotatable bonds is 7. The zero-order chi connectivity index (χ0) is 21.9. The Labute approximate surface area is 174 Å². The number of amides is 1. The van der Waals surface area contributed by atoms with Crippen molar-refractivity contribution in [3.63, 3.8) is 0 Å². The monoisotopic (exact) mass is 430 g/mol. The molecule has 0 radical (unpaired) electrons. The molecule has 30 heavy (non-hydrogen) atoms. The lowest BCUT2D eigenvalue weighted by Gasteiger charge is -2.26. The van der Waals surface area contributed by atoms with Crippen LogP contribution in [0.3, 0.4) is 0 Å². The van der Waals surface area contributed by atoms with Crippen LogP contribution >= 0.6 is 0 Å². The first-order valence-electron chi connectivity index (χ1n) is 9.20. The summed E-state index contributed by atoms with van der Waals surface area (Å²) in [5, 5.41) is 18.1. The maximum atomic E-state index is 12.6. The number of hydrogen-bond acceptors (Lipinski definition) is 6. The second kappa shape index (κ2) is 8.54. The summed E-state index contributed by atoms with van der Waals surface area (Å²) in [6, 6.07) is 12.2. The predicted octanol–water partition coefficient (Wildman–Crippen LogP) is 3.74. The summed E-state index contributed by atoms with van der Waals surface area (Å²) < 4.78 is 31.1. The topological polar surface area (TPSA) is 124 Å². The van der Waals surface area contributed by atoms with Gasteiger partial charge in [-0.05, 0) is 44.2 Å². The highest BCUT2D eigenvalue weighted by Gasteiger charge is 2.29. The quantitative estimate of drug-likeness (QED) is 0.553. The molecular weight excluding hydrogens is 408 g/mol. The molecule has 0 unspecified atom stereocenters. The molecular formula is C20H22N4O5S. The molecule has 0 aliphatic heterocycles. The fraction of sp³-hybridized carbons (Fsp3) is 0.250. The number of ether oxygens (including phenoxy) is 1. The minimum absolute atomic E-state index is 0.109. The van der Waals surface area contributed by atoms with Crippen molar-refractivity contribution in [3.05, 3.63) is 48.5 Å². The van der Waals surface area contributed by atoms with Crippen molar-refractivity contribution in [2.45, 2.75) is 19.9 Å². The SMILES string of the molecule is CCOc1ccc(N([C@@H](C)C(=O)N=Nc2c(O)[nH]c3ccccc23)S(C)(=O)=O)cc1. The summed E-state index contributed by atoms with van der Waals surface area (Å²) in [5.74, 6) is -0.422. The summed E-state index contributed by atoms with van der Waals surface area (Å²) in [7, 11) is -3.79. The van der Waals surface area contributed by atoms with Gasteiger partial charge in [-0.1, -0.05) is 18.2 Å². The lowest BCUT2D eigenvalue weighted by Crippen LogP contribution is -2.42. The Balaban J connectivity index is 1.89. The van der Waals surface area contributed by atoms with Crippen LogP contribution < -0.4 is 9.04 Å². The van der Waals surface area contributed by atoms with Crippen LogP contribution in [0.4, 0.5) is 11.4 Å². The van der Waals surface area contributed by atoms with E-state index in [9.17, 15) is 18.3 Å². The van der Waals surface area contributed by atoms with Crippen molar-refractivity contribution in [1.29, 1.82) is 0 Å². The molecule has 1 heterocycles. The number of aromatic hydroxyl groups is 1. The number of azo groups is 1. The molecule has 1 amide bonds. The minimum Gasteiger partial charge on any atom is -0.494 e. The highest BCUT2D eigenvalue weighted by atomic mass is 32.2. The summed E-state index contributed by atoms with van der Waals surface area (Å²) in [6.07, 6.45) is 1.01. The number of hydrogen-bond donors (Lipinski definition) is 2. The molecule has 2 N–H and O–H groups in total. The smallest absolute Gasteiger partial charge is 0.287 e. The molecule has 0 spiro atoms. The fourth-order valence-electron chi connectivity index (χ4n) is 3.06. The summed E-state index contributed by atoms with van der Waals surface area (Å²) in [6.45, 7) is 3.74. The Morgan fingerprint density at radius 1 is 1.20 bits per heavy atom. The number of aromatic amines is 1. The number of nitrogens with one attached hydrogen (secondary N) is 1. The zero-order valence-corrected chi connectivity index (χ0v) is 17.5. The molecule has 1 atom stereocenters. The van der Waals surface area contributed by atoms with E-state index in [1.54, 1.807) is 48.5 Å². The number of carbonyl (C=O) groups excluding carboxylic acids is 1. The first kappa shape index (κ1) is 21.3. The second-order valence-corrected chi connectivity index (χ2v) is 8.43. The lowest BCUT2D eigenvalue weighted by molar-refractivity contribution is -0.119. The molecule has 0 saturated carbocycles. The molecule has 1 aromatic heterocycles. The zero-order valence-electron chi connectivity index (χ0n) is 16.7. The van der Waals surface area contributed by atoms with Gasteiger partial charge in [-0.3, -0.25) is 9.10 Å². The maximum absolute atomic E-state index is 12.6. The maximum Gasteiger partial charge on any atom is 0.287 e. The van der Waals surface area contributed by atoms with Crippen LogP contribution in [0.15, 0.2) is 58.8 Å². The van der Waals surface area contributed by atoms with Crippen LogP contribution in [0.5, 0.6) is 11.6 Å². The van der Waals surface area contributed by atoms with Crippen LogP contribution in [-0.2, 0) is 14.8 Å². The van der Waals surface area contributed by atoms with Gasteiger partial charge in [0.1, 0.15) is 11.8 Å². The second-order valence-electron chi connectivity index (χ2n) is 6.57. The van der Waals surface area contributed by atoms with Gasteiger partial charge in [0.2, 0.25) is 15.9 Å². The van der Waals surface area contributed by atoms with Gasteiger partial charge >= 0.3 is 0 Å². The molecule has 0 aliphatic rings. The van der Waals surface area contributed by atoms with E-state index in [1.807, 2.05) is 6.92 Å². The van der Waals surface area contributed by atoms with E-state index in [4.69, 9.17) is 4.74 Å². The minimum atomic E-state index is -3.79. The van der Waals surface area contributed by atoms with E-state index in [0.717, 1.165) is 10.6 Å². The molecule has 3 aromatic rings. The summed E-state index contributed by atoms with van der Waals surface area (Å²) in [5.41, 5.74) is 1.04. The Hall–Kier alpha value is -3.40. The van der Waals surface area contributed by atoms with Gasteiger partial charge < -0.3 is 14.8 Å². The van der Waals surface area contributed by atoms with Gasteiger partial charge in [-0.15, -0.1) is 10.2 Å². The van der Waals surface area contributed by atoms with Gasteiger partial charge in [0, 0.05) is 5.39 Å². The number of carbonyl (C=O) groups is 1. The van der Waals surface area contributed by atoms with Gasteiger partial charge in [0.25, 0.3) is 5.91 Å². The molecule has 0 saturated heterocycles. The molecule has 0 bridgehead atoms. The number of aromatic nitrogens is 1. The summed E-state index contributed by atoms with van der Waals surface area (Å²) in [4.78, 5) is 15.4. The lowest BCUT2D eigenvalue weighted by atomic mass is 10.2. The highest BCUT2D eigenvalue weighted by Crippen LogP contribution is 2.35. The molecule has 10 heteroatoms. The Morgan fingerprint density at radius 3 is 2.50 bits per heavy atom. The average molecular weight is 430 g/mol. The van der Waals surface area contributed by atoms with Gasteiger partial charge in [-0.25, -0.2) is 8.42 Å². The number of H-pyrrole nitrogens is 1. The fourth-order valence-corrected chi connectivity index (χ4v) is 4.22. The van der Waals surface area contributed by atoms with Gasteiger partial charge in [-0.2, -0.15) is 0 Å². The van der Waals surface area contributed by atoms with Crippen molar-refractivity contribution >= 4 is 38.2 Å². The number of anilines is 1. The third-order valence-electron chi connectivity index (χ3n) is 4.38. The predicted molar refractivity (Wildman–Crippen MR) is 114 cm³/mol. The van der Waals surface area contributed by atoms with Crippen LogP contribution in [0.25, 0.3) is 10.9 Å². The van der Waals surface area contributed by atoms with E-state index < -0.39 is 22.0 Å². The summed E-state index contributed by atoms with van der Waals surface area (Å²) >= 11 is 0. The van der Waals surface area contributed by atoms with Crippen LogP contribution in [0, 0.1) is 0 Å². The first-order valence-corrected chi connectivity index (χ1v) is 11.0. The van der Waals surface area contributed by atoms with Crippen LogP contribution in [-0.4, -0.2) is 43.3 Å². The number of sulfonamides is 1. The molecule has 2 aromatic carbocycles. The third-order valence-corrected chi connectivity index (χ3v) is 5.62. The van der Waals surface area contributed by atoms with E-state index >= 15 is 0 Å². The molecule has 0 aliphatic carbocycles. The van der Waals surface area contributed by atoms with E-state index in [0.29, 0.717) is 28.9 Å². The van der Waals surface area contributed by atoms with Crippen molar-refractivity contribution in [3.8, 4) is 11.6 Å². The number of fused-ring (bicyclic) bond motifs is 1. The van der Waals surface area contributed by atoms with E-state index in [2.05, 4.69) is 15.2 Å². The van der Waals surface area contributed by atoms with Crippen LogP contribution in [0.1, 0.15) is 13.8 Å². The number of para-hydroxylation sites is 1. The third kappa shape index (κ3) is 4.43. The normalized spacial score (nSPS) is 12.9. The van der Waals surface area contributed by atoms with E-state index in [-0.39, 0.29) is 11.6 Å². The number of benzene rings is 2. The Kier molecular flexibility index (Phi) is 6.06. The van der Waals surface area contributed by atoms with Gasteiger partial charge in [0.05, 0.1) is 24.1 Å².